The lowest BCUT2D eigenvalue weighted by Gasteiger charge is -2.23. The fourth-order valence-corrected chi connectivity index (χ4v) is 3.44. The molecular weight excluding hydrogens is 310 g/mol. The standard InChI is InChI=1S/C16H19N5O3/c17-7-11-2-1-5-20(11)15(23)9-6-12-13(18-8-9)21(10-3-4-10)16(24)19-14(12)22/h6,8,10-11H,1-5,7,17H2,(H,19,22,24). The van der Waals surface area contributed by atoms with Crippen LogP contribution in [0, 0.1) is 0 Å². The number of rotatable bonds is 3. The molecule has 1 aliphatic heterocycles. The van der Waals surface area contributed by atoms with Crippen molar-refractivity contribution in [3.05, 3.63) is 38.7 Å². The highest BCUT2D eigenvalue weighted by Gasteiger charge is 2.30. The second-order valence-electron chi connectivity index (χ2n) is 6.49. The van der Waals surface area contributed by atoms with Gasteiger partial charge in [0.15, 0.2) is 0 Å². The van der Waals surface area contributed by atoms with Crippen molar-refractivity contribution >= 4 is 16.9 Å². The van der Waals surface area contributed by atoms with Gasteiger partial charge >= 0.3 is 5.69 Å². The predicted molar refractivity (Wildman–Crippen MR) is 88.0 cm³/mol. The fourth-order valence-electron chi connectivity index (χ4n) is 3.44. The Morgan fingerprint density at radius 1 is 1.33 bits per heavy atom. The first-order valence-corrected chi connectivity index (χ1v) is 8.25. The van der Waals surface area contributed by atoms with Gasteiger partial charge in [-0.05, 0) is 31.7 Å². The molecule has 8 heteroatoms. The second-order valence-corrected chi connectivity index (χ2v) is 6.49. The zero-order chi connectivity index (χ0) is 16.8. The van der Waals surface area contributed by atoms with Gasteiger partial charge in [0.25, 0.3) is 11.5 Å². The van der Waals surface area contributed by atoms with Gasteiger partial charge in [-0.2, -0.15) is 0 Å². The maximum Gasteiger partial charge on any atom is 0.330 e. The van der Waals surface area contributed by atoms with Gasteiger partial charge in [-0.3, -0.25) is 19.1 Å². The van der Waals surface area contributed by atoms with E-state index in [0.29, 0.717) is 24.3 Å². The lowest BCUT2D eigenvalue weighted by Crippen LogP contribution is -2.40. The molecule has 126 valence electrons. The van der Waals surface area contributed by atoms with Crippen LogP contribution in [0.4, 0.5) is 0 Å². The maximum atomic E-state index is 12.7. The van der Waals surface area contributed by atoms with E-state index in [-0.39, 0.29) is 23.4 Å². The van der Waals surface area contributed by atoms with Crippen LogP contribution >= 0.6 is 0 Å². The summed E-state index contributed by atoms with van der Waals surface area (Å²) in [6.45, 7) is 1.09. The number of nitrogens with zero attached hydrogens (tertiary/aromatic N) is 3. The predicted octanol–water partition coefficient (Wildman–Crippen LogP) is -0.0170. The smallest absolute Gasteiger partial charge is 0.330 e. The van der Waals surface area contributed by atoms with Gasteiger partial charge in [0.1, 0.15) is 5.65 Å². The van der Waals surface area contributed by atoms with Crippen molar-refractivity contribution in [1.82, 2.24) is 19.4 Å². The summed E-state index contributed by atoms with van der Waals surface area (Å²) in [7, 11) is 0. The van der Waals surface area contributed by atoms with Crippen molar-refractivity contribution in [3.8, 4) is 0 Å². The number of H-pyrrole nitrogens is 1. The van der Waals surface area contributed by atoms with E-state index >= 15 is 0 Å². The van der Waals surface area contributed by atoms with Gasteiger partial charge in [-0.15, -0.1) is 0 Å². The van der Waals surface area contributed by atoms with Gasteiger partial charge in [0.2, 0.25) is 0 Å². The number of carbonyl (C=O) groups is 1. The van der Waals surface area contributed by atoms with Crippen LogP contribution in [0.25, 0.3) is 11.0 Å². The molecule has 3 heterocycles. The highest BCUT2D eigenvalue weighted by molar-refractivity contribution is 5.97. The Kier molecular flexibility index (Phi) is 3.49. The molecule has 0 aromatic carbocycles. The zero-order valence-electron chi connectivity index (χ0n) is 13.2. The van der Waals surface area contributed by atoms with Crippen LogP contribution in [0.15, 0.2) is 21.9 Å². The molecule has 0 bridgehead atoms. The number of likely N-dealkylation sites (tertiary alicyclic amines) is 1. The normalized spacial score (nSPS) is 20.7. The molecular formula is C16H19N5O3. The Hall–Kier alpha value is -2.48. The second kappa shape index (κ2) is 5.55. The third kappa shape index (κ3) is 2.34. The van der Waals surface area contributed by atoms with Crippen LogP contribution in [0.1, 0.15) is 42.1 Å². The zero-order valence-corrected chi connectivity index (χ0v) is 13.2. The molecule has 0 spiro atoms. The van der Waals surface area contributed by atoms with E-state index in [4.69, 9.17) is 5.73 Å². The first kappa shape index (κ1) is 15.1. The van der Waals surface area contributed by atoms with Gasteiger partial charge < -0.3 is 10.6 Å². The van der Waals surface area contributed by atoms with E-state index in [0.717, 1.165) is 25.7 Å². The van der Waals surface area contributed by atoms with Crippen molar-refractivity contribution in [2.24, 2.45) is 5.73 Å². The third-order valence-electron chi connectivity index (χ3n) is 4.85. The fraction of sp³-hybridized carbons (Fsp3) is 0.500. The van der Waals surface area contributed by atoms with E-state index in [2.05, 4.69) is 9.97 Å². The number of hydrogen-bond acceptors (Lipinski definition) is 5. The molecule has 1 aliphatic carbocycles. The minimum atomic E-state index is -0.508. The summed E-state index contributed by atoms with van der Waals surface area (Å²) in [5.74, 6) is -0.166. The average molecular weight is 329 g/mol. The number of amides is 1. The van der Waals surface area contributed by atoms with E-state index in [1.165, 1.54) is 16.8 Å². The van der Waals surface area contributed by atoms with Gasteiger partial charge in [-0.1, -0.05) is 0 Å². The van der Waals surface area contributed by atoms with Crippen LogP contribution in [-0.2, 0) is 0 Å². The van der Waals surface area contributed by atoms with E-state index in [9.17, 15) is 14.4 Å². The largest absolute Gasteiger partial charge is 0.334 e. The molecule has 8 nitrogen and oxygen atoms in total. The Bertz CT molecular complexity index is 927. The Morgan fingerprint density at radius 3 is 2.83 bits per heavy atom. The van der Waals surface area contributed by atoms with Crippen molar-refractivity contribution < 1.29 is 4.79 Å². The van der Waals surface area contributed by atoms with E-state index in [1.807, 2.05) is 0 Å². The third-order valence-corrected chi connectivity index (χ3v) is 4.85. The van der Waals surface area contributed by atoms with Crippen molar-refractivity contribution in [2.45, 2.75) is 37.8 Å². The number of nitrogens with one attached hydrogen (secondary N) is 1. The molecule has 2 aromatic heterocycles. The maximum absolute atomic E-state index is 12.7. The highest BCUT2D eigenvalue weighted by atomic mass is 16.2. The highest BCUT2D eigenvalue weighted by Crippen LogP contribution is 2.34. The first-order chi connectivity index (χ1) is 11.6. The van der Waals surface area contributed by atoms with Crippen molar-refractivity contribution in [1.29, 1.82) is 0 Å². The number of pyridine rings is 1. The Balaban J connectivity index is 1.80. The molecule has 2 aromatic rings. The van der Waals surface area contributed by atoms with Gasteiger partial charge in [0.05, 0.1) is 10.9 Å². The molecule has 3 N–H and O–H groups in total. The Labute approximate surface area is 137 Å². The van der Waals surface area contributed by atoms with Crippen molar-refractivity contribution in [2.75, 3.05) is 13.1 Å². The molecule has 2 aliphatic rings. The molecule has 4 rings (SSSR count). The summed E-state index contributed by atoms with van der Waals surface area (Å²) in [6, 6.07) is 1.66. The SMILES string of the molecule is NCC1CCCN1C(=O)c1cnc2c(c1)c(=O)[nH]c(=O)n2C1CC1. The number of aromatic nitrogens is 3. The number of carbonyl (C=O) groups excluding carboxylic acids is 1. The van der Waals surface area contributed by atoms with E-state index < -0.39 is 11.2 Å². The summed E-state index contributed by atoms with van der Waals surface area (Å²) in [6.07, 6.45) is 5.07. The van der Waals surface area contributed by atoms with Gasteiger partial charge in [0, 0.05) is 31.4 Å². The topological polar surface area (TPSA) is 114 Å². The van der Waals surface area contributed by atoms with Crippen molar-refractivity contribution in [3.63, 3.8) is 0 Å². The molecule has 1 unspecified atom stereocenters. The average Bonchev–Trinajstić information content (AvgIpc) is 3.29. The summed E-state index contributed by atoms with van der Waals surface area (Å²) in [5.41, 5.74) is 5.48. The first-order valence-electron chi connectivity index (χ1n) is 8.25. The minimum absolute atomic E-state index is 0.0342. The van der Waals surface area contributed by atoms with Crippen LogP contribution in [-0.4, -0.2) is 44.5 Å². The molecule has 2 fully saturated rings. The molecule has 1 saturated carbocycles. The molecule has 24 heavy (non-hydrogen) atoms. The van der Waals surface area contributed by atoms with E-state index in [1.54, 1.807) is 4.90 Å². The summed E-state index contributed by atoms with van der Waals surface area (Å²) < 4.78 is 1.52. The number of fused-ring (bicyclic) bond motifs is 1. The molecule has 1 amide bonds. The lowest BCUT2D eigenvalue weighted by molar-refractivity contribution is 0.0741. The monoisotopic (exact) mass is 329 g/mol. The summed E-state index contributed by atoms with van der Waals surface area (Å²) >= 11 is 0. The molecule has 0 radical (unpaired) electrons. The summed E-state index contributed by atoms with van der Waals surface area (Å²) in [5, 5.41) is 0.274. The van der Waals surface area contributed by atoms with Crippen LogP contribution < -0.4 is 17.0 Å². The molecule has 1 saturated heterocycles. The summed E-state index contributed by atoms with van der Waals surface area (Å²) in [4.78, 5) is 45.2. The minimum Gasteiger partial charge on any atom is -0.334 e. The molecule has 1 atom stereocenters. The number of nitrogens with two attached hydrogens (primary N) is 1. The van der Waals surface area contributed by atoms with Crippen LogP contribution in [0.5, 0.6) is 0 Å². The van der Waals surface area contributed by atoms with Crippen LogP contribution in [0.2, 0.25) is 0 Å². The van der Waals surface area contributed by atoms with Crippen LogP contribution in [0.3, 0.4) is 0 Å². The van der Waals surface area contributed by atoms with Gasteiger partial charge in [-0.25, -0.2) is 9.78 Å². The quantitative estimate of drug-likeness (QED) is 0.821. The lowest BCUT2D eigenvalue weighted by atomic mass is 10.1. The number of aromatic amines is 1. The number of hydrogen-bond donors (Lipinski definition) is 2. The Morgan fingerprint density at radius 2 is 2.12 bits per heavy atom.